The first kappa shape index (κ1) is 13.0. The van der Waals surface area contributed by atoms with E-state index in [9.17, 15) is 0 Å². The van der Waals surface area contributed by atoms with Crippen LogP contribution in [-0.2, 0) is 4.74 Å². The normalized spacial score (nSPS) is 13.6. The summed E-state index contributed by atoms with van der Waals surface area (Å²) < 4.78 is 5.10. The van der Waals surface area contributed by atoms with Gasteiger partial charge in [-0.1, -0.05) is 46.5 Å². The summed E-state index contributed by atoms with van der Waals surface area (Å²) in [4.78, 5) is 0. The Labute approximate surface area is 83.9 Å². The van der Waals surface area contributed by atoms with Crippen molar-refractivity contribution in [1.29, 1.82) is 0 Å². The fourth-order valence-corrected chi connectivity index (χ4v) is 1.65. The predicted octanol–water partition coefficient (Wildman–Crippen LogP) is 3.88. The van der Waals surface area contributed by atoms with Crippen LogP contribution in [0.25, 0.3) is 0 Å². The van der Waals surface area contributed by atoms with E-state index < -0.39 is 0 Å². The molecule has 0 unspecified atom stereocenters. The zero-order valence-electron chi connectivity index (χ0n) is 9.81. The first-order valence-corrected chi connectivity index (χ1v) is 5.69. The predicted molar refractivity (Wildman–Crippen MR) is 59.0 cm³/mol. The first-order valence-electron chi connectivity index (χ1n) is 5.69. The zero-order valence-corrected chi connectivity index (χ0v) is 9.81. The SMILES string of the molecule is CC[C@@H](CCCC(C)C)CCOC. The van der Waals surface area contributed by atoms with Crippen molar-refractivity contribution >= 4 is 0 Å². The van der Waals surface area contributed by atoms with Gasteiger partial charge in [0.25, 0.3) is 0 Å². The molecular weight excluding hydrogens is 160 g/mol. The highest BCUT2D eigenvalue weighted by Crippen LogP contribution is 2.18. The van der Waals surface area contributed by atoms with Crippen molar-refractivity contribution in [1.82, 2.24) is 0 Å². The number of methoxy groups -OCH3 is 1. The molecule has 0 fully saturated rings. The monoisotopic (exact) mass is 186 g/mol. The van der Waals surface area contributed by atoms with E-state index >= 15 is 0 Å². The van der Waals surface area contributed by atoms with Gasteiger partial charge in [-0.05, 0) is 18.3 Å². The van der Waals surface area contributed by atoms with E-state index in [2.05, 4.69) is 20.8 Å². The van der Waals surface area contributed by atoms with Crippen molar-refractivity contribution in [2.24, 2.45) is 11.8 Å². The van der Waals surface area contributed by atoms with Gasteiger partial charge in [-0.2, -0.15) is 0 Å². The van der Waals surface area contributed by atoms with Crippen LogP contribution in [0.1, 0.15) is 52.9 Å². The van der Waals surface area contributed by atoms with Crippen molar-refractivity contribution in [3.05, 3.63) is 0 Å². The molecule has 0 N–H and O–H groups in total. The van der Waals surface area contributed by atoms with E-state index in [0.29, 0.717) is 0 Å². The van der Waals surface area contributed by atoms with Gasteiger partial charge in [-0.25, -0.2) is 0 Å². The highest BCUT2D eigenvalue weighted by atomic mass is 16.5. The maximum absolute atomic E-state index is 5.10. The maximum atomic E-state index is 5.10. The fourth-order valence-electron chi connectivity index (χ4n) is 1.65. The van der Waals surface area contributed by atoms with Crippen LogP contribution >= 0.6 is 0 Å². The minimum absolute atomic E-state index is 0.861. The Balaban J connectivity index is 3.36. The van der Waals surface area contributed by atoms with Gasteiger partial charge in [-0.15, -0.1) is 0 Å². The fraction of sp³-hybridized carbons (Fsp3) is 1.00. The molecule has 80 valence electrons. The summed E-state index contributed by atoms with van der Waals surface area (Å²) in [7, 11) is 1.79. The molecule has 0 radical (unpaired) electrons. The van der Waals surface area contributed by atoms with Gasteiger partial charge < -0.3 is 4.74 Å². The summed E-state index contributed by atoms with van der Waals surface area (Å²) in [5.41, 5.74) is 0. The summed E-state index contributed by atoms with van der Waals surface area (Å²) >= 11 is 0. The lowest BCUT2D eigenvalue weighted by molar-refractivity contribution is 0.172. The molecule has 0 amide bonds. The standard InChI is InChI=1S/C12H26O/c1-5-12(9-10-13-4)8-6-7-11(2)3/h11-12H,5-10H2,1-4H3/t12-/m0/s1. The quantitative estimate of drug-likeness (QED) is 0.559. The van der Waals surface area contributed by atoms with Gasteiger partial charge in [-0.3, -0.25) is 0 Å². The van der Waals surface area contributed by atoms with Gasteiger partial charge in [0.05, 0.1) is 0 Å². The van der Waals surface area contributed by atoms with Crippen LogP contribution in [0.15, 0.2) is 0 Å². The van der Waals surface area contributed by atoms with Gasteiger partial charge in [0, 0.05) is 13.7 Å². The molecule has 0 aromatic rings. The molecule has 0 saturated carbocycles. The second kappa shape index (κ2) is 8.55. The molecule has 1 heteroatoms. The lowest BCUT2D eigenvalue weighted by Gasteiger charge is -2.14. The van der Waals surface area contributed by atoms with E-state index in [4.69, 9.17) is 4.74 Å². The Morgan fingerprint density at radius 2 is 1.77 bits per heavy atom. The van der Waals surface area contributed by atoms with Crippen LogP contribution in [0.2, 0.25) is 0 Å². The Morgan fingerprint density at radius 1 is 1.08 bits per heavy atom. The van der Waals surface area contributed by atoms with E-state index in [1.54, 1.807) is 7.11 Å². The molecule has 0 aromatic carbocycles. The molecular formula is C12H26O. The van der Waals surface area contributed by atoms with Crippen LogP contribution in [-0.4, -0.2) is 13.7 Å². The molecule has 0 saturated heterocycles. The van der Waals surface area contributed by atoms with E-state index in [-0.39, 0.29) is 0 Å². The van der Waals surface area contributed by atoms with Gasteiger partial charge >= 0.3 is 0 Å². The average molecular weight is 186 g/mol. The molecule has 0 rings (SSSR count). The van der Waals surface area contributed by atoms with E-state index in [1.165, 1.54) is 32.1 Å². The summed E-state index contributed by atoms with van der Waals surface area (Å²) in [6.45, 7) is 7.82. The van der Waals surface area contributed by atoms with Crippen molar-refractivity contribution in [2.75, 3.05) is 13.7 Å². The van der Waals surface area contributed by atoms with E-state index in [1.807, 2.05) is 0 Å². The third-order valence-electron chi connectivity index (χ3n) is 2.70. The molecule has 1 atom stereocenters. The van der Waals surface area contributed by atoms with Gasteiger partial charge in [0.2, 0.25) is 0 Å². The third kappa shape index (κ3) is 8.29. The Bertz CT molecular complexity index is 99.3. The van der Waals surface area contributed by atoms with Gasteiger partial charge in [0.1, 0.15) is 0 Å². The average Bonchev–Trinajstić information content (AvgIpc) is 2.10. The largest absolute Gasteiger partial charge is 0.385 e. The number of ether oxygens (including phenoxy) is 1. The molecule has 13 heavy (non-hydrogen) atoms. The number of rotatable bonds is 8. The zero-order chi connectivity index (χ0) is 10.1. The second-order valence-corrected chi connectivity index (χ2v) is 4.38. The highest BCUT2D eigenvalue weighted by molar-refractivity contribution is 4.58. The van der Waals surface area contributed by atoms with E-state index in [0.717, 1.165) is 18.4 Å². The molecule has 0 aliphatic carbocycles. The van der Waals surface area contributed by atoms with Crippen molar-refractivity contribution < 1.29 is 4.74 Å². The smallest absolute Gasteiger partial charge is 0.0464 e. The summed E-state index contributed by atoms with van der Waals surface area (Å²) in [6.07, 6.45) is 6.70. The first-order chi connectivity index (χ1) is 6.20. The van der Waals surface area contributed by atoms with Crippen LogP contribution < -0.4 is 0 Å². The topological polar surface area (TPSA) is 9.23 Å². The molecule has 0 aliphatic heterocycles. The number of hydrogen-bond acceptors (Lipinski definition) is 1. The number of hydrogen-bond donors (Lipinski definition) is 0. The van der Waals surface area contributed by atoms with Crippen LogP contribution in [0.5, 0.6) is 0 Å². The van der Waals surface area contributed by atoms with Gasteiger partial charge in [0.15, 0.2) is 0 Å². The van der Waals surface area contributed by atoms with Crippen LogP contribution in [0.4, 0.5) is 0 Å². The molecule has 0 aliphatic rings. The molecule has 0 aromatic heterocycles. The van der Waals surface area contributed by atoms with Crippen LogP contribution in [0, 0.1) is 11.8 Å². The lowest BCUT2D eigenvalue weighted by Crippen LogP contribution is -2.03. The van der Waals surface area contributed by atoms with Crippen molar-refractivity contribution in [2.45, 2.75) is 52.9 Å². The summed E-state index contributed by atoms with van der Waals surface area (Å²) in [6, 6.07) is 0. The second-order valence-electron chi connectivity index (χ2n) is 4.38. The lowest BCUT2D eigenvalue weighted by atomic mass is 9.94. The minimum atomic E-state index is 0.861. The molecule has 0 bridgehead atoms. The Kier molecular flexibility index (Phi) is 8.53. The van der Waals surface area contributed by atoms with Crippen LogP contribution in [0.3, 0.4) is 0 Å². The van der Waals surface area contributed by atoms with Crippen molar-refractivity contribution in [3.8, 4) is 0 Å². The molecule has 1 nitrogen and oxygen atoms in total. The Morgan fingerprint density at radius 3 is 2.23 bits per heavy atom. The van der Waals surface area contributed by atoms with Crippen molar-refractivity contribution in [3.63, 3.8) is 0 Å². The molecule has 0 spiro atoms. The summed E-state index contributed by atoms with van der Waals surface area (Å²) in [5.74, 6) is 1.75. The third-order valence-corrected chi connectivity index (χ3v) is 2.70. The Hall–Kier alpha value is -0.0400. The summed E-state index contributed by atoms with van der Waals surface area (Å²) in [5, 5.41) is 0. The maximum Gasteiger partial charge on any atom is 0.0464 e. The minimum Gasteiger partial charge on any atom is -0.385 e. The molecule has 0 heterocycles. The highest BCUT2D eigenvalue weighted by Gasteiger charge is 2.05.